The summed E-state index contributed by atoms with van der Waals surface area (Å²) in [6, 6.07) is 7.57. The van der Waals surface area contributed by atoms with Gasteiger partial charge in [0.2, 0.25) is 5.91 Å². The summed E-state index contributed by atoms with van der Waals surface area (Å²) in [4.78, 5) is 28.0. The predicted octanol–water partition coefficient (Wildman–Crippen LogP) is 8.22. The Morgan fingerprint density at radius 2 is 1.57 bits per heavy atom. The molecule has 2 N–H and O–H groups in total. The molecule has 44 heavy (non-hydrogen) atoms. The molecular formula is C39H55NO4. The number of carboxylic acid groups (broad SMARTS) is 1. The number of nitrogens with zero attached hydrogens (tertiary/aromatic N) is 1. The van der Waals surface area contributed by atoms with Crippen LogP contribution in [0.3, 0.4) is 0 Å². The highest BCUT2D eigenvalue weighted by Crippen LogP contribution is 2.77. The minimum absolute atomic E-state index is 0.00931. The van der Waals surface area contributed by atoms with Gasteiger partial charge in [0, 0.05) is 6.54 Å². The summed E-state index contributed by atoms with van der Waals surface area (Å²) in [5.41, 5.74) is 3.43. The fraction of sp³-hybridized carbons (Fsp3) is 0.744. The average Bonchev–Trinajstić information content (AvgIpc) is 3.65. The molecule has 5 nitrogen and oxygen atoms in total. The van der Waals surface area contributed by atoms with Crippen LogP contribution in [-0.2, 0) is 4.79 Å². The number of hydrogen-bond acceptors (Lipinski definition) is 3. The third kappa shape index (κ3) is 3.92. The molecule has 8 unspecified atom stereocenters. The normalized spacial score (nSPS) is 44.2. The van der Waals surface area contributed by atoms with Crippen molar-refractivity contribution in [2.75, 3.05) is 13.2 Å². The molecule has 0 bridgehead atoms. The first-order chi connectivity index (χ1) is 20.8. The van der Waals surface area contributed by atoms with Crippen molar-refractivity contribution in [3.8, 4) is 0 Å². The van der Waals surface area contributed by atoms with Gasteiger partial charge in [-0.05, 0) is 139 Å². The molecule has 1 heterocycles. The molecule has 5 fully saturated rings. The van der Waals surface area contributed by atoms with E-state index in [9.17, 15) is 19.8 Å². The van der Waals surface area contributed by atoms with Crippen molar-refractivity contribution in [3.63, 3.8) is 0 Å². The van der Waals surface area contributed by atoms with Crippen LogP contribution in [0.25, 0.3) is 5.57 Å². The van der Waals surface area contributed by atoms with Crippen LogP contribution in [0.4, 0.5) is 0 Å². The fourth-order valence-corrected chi connectivity index (χ4v) is 13.4. The monoisotopic (exact) mass is 601 g/mol. The molecule has 0 radical (unpaired) electrons. The van der Waals surface area contributed by atoms with Crippen molar-refractivity contribution >= 4 is 17.4 Å². The highest BCUT2D eigenvalue weighted by molar-refractivity contribution is 5.88. The van der Waals surface area contributed by atoms with Crippen LogP contribution in [-0.4, -0.2) is 46.2 Å². The molecule has 5 aliphatic carbocycles. The average molecular weight is 602 g/mol. The summed E-state index contributed by atoms with van der Waals surface area (Å²) < 4.78 is 0. The molecule has 1 aliphatic heterocycles. The van der Waals surface area contributed by atoms with Gasteiger partial charge in [-0.15, -0.1) is 0 Å². The standard InChI is InChI=1S/C39H55NO4/c1-35(2)28(25-10-12-26(13-11-25)33(42)43)16-19-36(3)31(35)17-20-38(5)32(36)15-14-29-30-9-6-18-39(30,22-21-37(29,38)4)34(44)40-23-7-8-27(40)24-41/h10-13,16,27,29-32,41H,6-9,14-15,17-24H2,1-5H3,(H,42,43)/t27?,29?,30?,31?,32?,36?,37-,38?,39?/m1/s1. The summed E-state index contributed by atoms with van der Waals surface area (Å²) in [6.45, 7) is 13.7. The Morgan fingerprint density at radius 3 is 2.27 bits per heavy atom. The largest absolute Gasteiger partial charge is 0.478 e. The summed E-state index contributed by atoms with van der Waals surface area (Å²) >= 11 is 0. The van der Waals surface area contributed by atoms with Crippen molar-refractivity contribution in [1.29, 1.82) is 0 Å². The van der Waals surface area contributed by atoms with Gasteiger partial charge < -0.3 is 15.1 Å². The molecule has 240 valence electrons. The van der Waals surface area contributed by atoms with E-state index in [-0.39, 0.29) is 39.7 Å². The van der Waals surface area contributed by atoms with Gasteiger partial charge >= 0.3 is 5.97 Å². The van der Waals surface area contributed by atoms with Gasteiger partial charge in [-0.25, -0.2) is 4.79 Å². The Kier molecular flexibility index (Phi) is 7.06. The van der Waals surface area contributed by atoms with Gasteiger partial charge in [0.1, 0.15) is 0 Å². The van der Waals surface area contributed by atoms with Crippen LogP contribution in [0.1, 0.15) is 128 Å². The van der Waals surface area contributed by atoms with Crippen LogP contribution in [0.5, 0.6) is 0 Å². The molecule has 1 aromatic carbocycles. The number of likely N-dealkylation sites (tertiary alicyclic amines) is 1. The predicted molar refractivity (Wildman–Crippen MR) is 174 cm³/mol. The van der Waals surface area contributed by atoms with Crippen LogP contribution >= 0.6 is 0 Å². The second-order valence-corrected chi connectivity index (χ2v) is 17.2. The van der Waals surface area contributed by atoms with Crippen LogP contribution in [0, 0.1) is 50.7 Å². The third-order valence-electron chi connectivity index (χ3n) is 15.7. The molecule has 0 aromatic heterocycles. The molecule has 7 rings (SSSR count). The number of rotatable bonds is 4. The maximum Gasteiger partial charge on any atom is 0.335 e. The maximum absolute atomic E-state index is 14.4. The maximum atomic E-state index is 14.4. The first-order valence-electron chi connectivity index (χ1n) is 17.8. The number of carbonyl (C=O) groups excluding carboxylic acids is 1. The van der Waals surface area contributed by atoms with Crippen LogP contribution in [0.15, 0.2) is 30.3 Å². The van der Waals surface area contributed by atoms with Crippen molar-refractivity contribution < 1.29 is 19.8 Å². The van der Waals surface area contributed by atoms with Gasteiger partial charge in [0.15, 0.2) is 0 Å². The number of carboxylic acids is 1. The van der Waals surface area contributed by atoms with Crippen LogP contribution < -0.4 is 0 Å². The molecule has 1 amide bonds. The first-order valence-corrected chi connectivity index (χ1v) is 17.8. The molecule has 5 heteroatoms. The number of fused-ring (bicyclic) bond motifs is 7. The van der Waals surface area contributed by atoms with E-state index in [1.54, 1.807) is 12.1 Å². The molecule has 0 spiro atoms. The molecule has 1 saturated heterocycles. The molecular weight excluding hydrogens is 546 g/mol. The fourth-order valence-electron chi connectivity index (χ4n) is 13.4. The highest BCUT2D eigenvalue weighted by atomic mass is 16.4. The van der Waals surface area contributed by atoms with E-state index in [4.69, 9.17) is 0 Å². The summed E-state index contributed by atoms with van der Waals surface area (Å²) in [5, 5.41) is 19.5. The summed E-state index contributed by atoms with van der Waals surface area (Å²) in [7, 11) is 0. The second kappa shape index (κ2) is 10.2. The van der Waals surface area contributed by atoms with E-state index < -0.39 is 5.97 Å². The first kappa shape index (κ1) is 30.5. The van der Waals surface area contributed by atoms with Gasteiger partial charge in [-0.3, -0.25) is 4.79 Å². The minimum atomic E-state index is -0.871. The van der Waals surface area contributed by atoms with Gasteiger partial charge in [-0.2, -0.15) is 0 Å². The second-order valence-electron chi connectivity index (χ2n) is 17.2. The Balaban J connectivity index is 1.19. The van der Waals surface area contributed by atoms with E-state index in [0.717, 1.165) is 45.1 Å². The number of allylic oxidation sites excluding steroid dienone is 2. The highest BCUT2D eigenvalue weighted by Gasteiger charge is 2.70. The smallest absolute Gasteiger partial charge is 0.335 e. The minimum Gasteiger partial charge on any atom is -0.478 e. The van der Waals surface area contributed by atoms with Gasteiger partial charge in [-0.1, -0.05) is 59.2 Å². The zero-order valence-electron chi connectivity index (χ0n) is 27.8. The number of carbonyl (C=O) groups is 2. The van der Waals surface area contributed by atoms with E-state index in [1.165, 1.54) is 49.7 Å². The van der Waals surface area contributed by atoms with E-state index in [1.807, 2.05) is 12.1 Å². The van der Waals surface area contributed by atoms with Crippen LogP contribution in [0.2, 0.25) is 0 Å². The van der Waals surface area contributed by atoms with E-state index in [2.05, 4.69) is 45.6 Å². The number of amides is 1. The SMILES string of the molecule is CC1(C)C(c2ccc(C(=O)O)cc2)=CCC2(C)C1CCC1(C)C2CCC2C3CCCC3(C(=O)N3CCCC3CO)CC[C@]21C. The topological polar surface area (TPSA) is 77.8 Å². The third-order valence-corrected chi connectivity index (χ3v) is 15.7. The lowest BCUT2D eigenvalue weighted by atomic mass is 9.32. The Hall–Kier alpha value is -2.14. The number of aliphatic hydroxyl groups excluding tert-OH is 1. The van der Waals surface area contributed by atoms with E-state index >= 15 is 0 Å². The van der Waals surface area contributed by atoms with Crippen molar-refractivity contribution in [2.24, 2.45) is 50.7 Å². The summed E-state index contributed by atoms with van der Waals surface area (Å²) in [6.07, 6.45) is 16.2. The zero-order chi connectivity index (χ0) is 31.3. The Labute approximate surface area is 264 Å². The lowest BCUT2D eigenvalue weighted by Gasteiger charge is -2.72. The van der Waals surface area contributed by atoms with Gasteiger partial charge in [0.05, 0.1) is 23.6 Å². The van der Waals surface area contributed by atoms with Gasteiger partial charge in [0.25, 0.3) is 0 Å². The number of aliphatic hydroxyl groups is 1. The zero-order valence-corrected chi connectivity index (χ0v) is 27.8. The number of benzene rings is 1. The summed E-state index contributed by atoms with van der Waals surface area (Å²) in [5.74, 6) is 1.85. The number of hydrogen-bond donors (Lipinski definition) is 2. The quantitative estimate of drug-likeness (QED) is 0.365. The lowest BCUT2D eigenvalue weighted by molar-refractivity contribution is -0.224. The molecule has 9 atom stereocenters. The Bertz CT molecular complexity index is 1360. The van der Waals surface area contributed by atoms with Crippen molar-refractivity contribution in [2.45, 2.75) is 118 Å². The van der Waals surface area contributed by atoms with E-state index in [0.29, 0.717) is 35.1 Å². The number of aromatic carboxylic acids is 1. The van der Waals surface area contributed by atoms with Crippen molar-refractivity contribution in [3.05, 3.63) is 41.5 Å². The molecule has 4 saturated carbocycles. The lowest BCUT2D eigenvalue weighted by Crippen LogP contribution is -2.66. The van der Waals surface area contributed by atoms with Crippen molar-refractivity contribution in [1.82, 2.24) is 4.90 Å². The molecule has 6 aliphatic rings. The molecule has 1 aromatic rings. The Morgan fingerprint density at radius 1 is 0.818 bits per heavy atom.